The van der Waals surface area contributed by atoms with Crippen LogP contribution in [0.15, 0.2) is 138 Å². The molecule has 4 N–H and O–H groups in total. The Morgan fingerprint density at radius 3 is 1.38 bits per heavy atom. The molecule has 4 amide bonds. The summed E-state index contributed by atoms with van der Waals surface area (Å²) in [6, 6.07) is 22.6. The Morgan fingerprint density at radius 1 is 0.422 bits per heavy atom. The summed E-state index contributed by atoms with van der Waals surface area (Å²) >= 11 is 3.25. The molecule has 0 radical (unpaired) electrons. The molecule has 0 spiro atoms. The Morgan fingerprint density at radius 2 is 0.859 bits per heavy atom. The van der Waals surface area contributed by atoms with Crippen molar-refractivity contribution >= 4 is 62.7 Å². The van der Waals surface area contributed by atoms with E-state index in [2.05, 4.69) is 31.9 Å². The molecule has 11 nitrogen and oxygen atoms in total. The predicted molar refractivity (Wildman–Crippen MR) is 217 cm³/mol. The third kappa shape index (κ3) is 11.9. The zero-order valence-corrected chi connectivity index (χ0v) is 33.4. The van der Waals surface area contributed by atoms with Gasteiger partial charge in [-0.2, -0.15) is 39.5 Å². The van der Waals surface area contributed by atoms with Gasteiger partial charge in [-0.05, 0) is 97.1 Å². The van der Waals surface area contributed by atoms with E-state index in [0.717, 1.165) is 6.07 Å². The fraction of sp³-hybridized carbons (Fsp3) is 0.0698. The van der Waals surface area contributed by atoms with Crippen molar-refractivity contribution in [2.45, 2.75) is 18.5 Å². The van der Waals surface area contributed by atoms with Crippen LogP contribution < -0.4 is 30.7 Å². The van der Waals surface area contributed by atoms with E-state index in [1.807, 2.05) is 5.32 Å². The smallest absolute Gasteiger partial charge is 0.416 e. The topological polar surface area (TPSA) is 144 Å². The second-order valence-corrected chi connectivity index (χ2v) is 14.0. The molecule has 0 heterocycles. The van der Waals surface area contributed by atoms with Gasteiger partial charge in [-0.3, -0.25) is 0 Å². The van der Waals surface area contributed by atoms with Crippen LogP contribution in [0.5, 0.6) is 23.0 Å². The van der Waals surface area contributed by atoms with Crippen molar-refractivity contribution in [2.24, 2.45) is 0 Å². The zero-order valence-electron chi connectivity index (χ0n) is 31.8. The highest BCUT2D eigenvalue weighted by Gasteiger charge is 2.37. The van der Waals surface area contributed by atoms with Gasteiger partial charge >= 0.3 is 42.5 Å². The van der Waals surface area contributed by atoms with Gasteiger partial charge in [-0.15, -0.1) is 0 Å². The molecule has 21 heteroatoms. The summed E-state index contributed by atoms with van der Waals surface area (Å²) in [6.45, 7) is 0. The first-order chi connectivity index (χ1) is 30.1. The van der Waals surface area contributed by atoms with Crippen LogP contribution in [0.2, 0.25) is 0 Å². The van der Waals surface area contributed by atoms with Crippen LogP contribution in [0.1, 0.15) is 37.4 Å². The Hall–Kier alpha value is -7.55. The SMILES string of the molecule is O=C(Nc1cc(C(F)(F)F)cc(C(F)(F)F)c1)Nc1ccccc1Oc1ccccc1C(=O)OC(=O)c1ccccc1Oc1ccc(C(F)(F)F)cc1NC(=O)Nc1ccc(Br)cc1. The number of benzene rings is 6. The second kappa shape index (κ2) is 18.8. The van der Waals surface area contributed by atoms with E-state index in [1.165, 1.54) is 84.9 Å². The maximum Gasteiger partial charge on any atom is 0.416 e. The van der Waals surface area contributed by atoms with Crippen LogP contribution in [0.4, 0.5) is 71.9 Å². The number of alkyl halides is 9. The average molecular weight is 962 g/mol. The van der Waals surface area contributed by atoms with E-state index in [1.54, 1.807) is 12.1 Å². The van der Waals surface area contributed by atoms with Crippen molar-refractivity contribution in [1.82, 2.24) is 0 Å². The second-order valence-electron chi connectivity index (χ2n) is 13.0. The highest BCUT2D eigenvalue weighted by molar-refractivity contribution is 9.10. The first-order valence-corrected chi connectivity index (χ1v) is 18.7. The quantitative estimate of drug-likeness (QED) is 0.0608. The lowest BCUT2D eigenvalue weighted by atomic mass is 10.1. The molecule has 330 valence electrons. The number of halogens is 10. The van der Waals surface area contributed by atoms with Crippen molar-refractivity contribution in [3.8, 4) is 23.0 Å². The van der Waals surface area contributed by atoms with E-state index in [0.29, 0.717) is 34.4 Å². The fourth-order valence-corrected chi connectivity index (χ4v) is 5.83. The molecule has 6 aromatic rings. The summed E-state index contributed by atoms with van der Waals surface area (Å²) < 4.78 is 139. The standard InChI is InChI=1S/C43H26BrF9N4O7/c44-26-14-16-27(17-15-26)54-39(60)57-32-22-23(41(45,46)47)13-18-36(32)63-34-11-5-2-8-30(34)38(59)64-37(58)29-7-1-4-10-33(29)62-35-12-6-3-9-31(35)56-40(61)55-28-20-24(42(48,49)50)19-25(21-28)43(51,52)53/h1-22H,(H2,54,57,60)(H2,55,56,61). The predicted octanol–water partition coefficient (Wildman–Crippen LogP) is 13.4. The largest absolute Gasteiger partial charge is 0.454 e. The van der Waals surface area contributed by atoms with E-state index in [-0.39, 0.29) is 45.9 Å². The molecule has 0 saturated carbocycles. The molecular weight excluding hydrogens is 935 g/mol. The number of urea groups is 2. The minimum atomic E-state index is -5.18. The summed E-state index contributed by atoms with van der Waals surface area (Å²) in [7, 11) is 0. The third-order valence-corrected chi connectivity index (χ3v) is 9.01. The lowest BCUT2D eigenvalue weighted by Crippen LogP contribution is -2.21. The number of nitrogens with one attached hydrogen (secondary N) is 4. The van der Waals surface area contributed by atoms with Gasteiger partial charge in [0.1, 0.15) is 22.6 Å². The van der Waals surface area contributed by atoms with Crippen LogP contribution in [0.3, 0.4) is 0 Å². The summed E-state index contributed by atoms with van der Waals surface area (Å²) in [5.74, 6) is -3.68. The number of esters is 2. The highest BCUT2D eigenvalue weighted by Crippen LogP contribution is 2.40. The maximum atomic E-state index is 13.7. The molecular formula is C43H26BrF9N4O7. The van der Waals surface area contributed by atoms with Gasteiger partial charge in [0.05, 0.1) is 28.1 Å². The van der Waals surface area contributed by atoms with Crippen LogP contribution in [-0.2, 0) is 23.3 Å². The minimum Gasteiger partial charge on any atom is -0.454 e. The molecule has 0 aromatic heterocycles. The number of hydrogen-bond acceptors (Lipinski definition) is 7. The van der Waals surface area contributed by atoms with Crippen LogP contribution in [-0.4, -0.2) is 24.0 Å². The molecule has 0 bridgehead atoms. The molecule has 6 rings (SSSR count). The van der Waals surface area contributed by atoms with Gasteiger partial charge in [0.25, 0.3) is 0 Å². The first kappa shape index (κ1) is 46.0. The first-order valence-electron chi connectivity index (χ1n) is 18.0. The molecule has 0 aliphatic carbocycles. The highest BCUT2D eigenvalue weighted by atomic mass is 79.9. The maximum absolute atomic E-state index is 13.7. The number of ether oxygens (including phenoxy) is 3. The number of carbonyl (C=O) groups excluding carboxylic acids is 4. The van der Waals surface area contributed by atoms with Gasteiger partial charge < -0.3 is 35.5 Å². The van der Waals surface area contributed by atoms with E-state index in [9.17, 15) is 58.7 Å². The number of para-hydroxylation sites is 4. The van der Waals surface area contributed by atoms with Gasteiger partial charge in [0.15, 0.2) is 11.5 Å². The molecule has 0 unspecified atom stereocenters. The molecule has 6 aromatic carbocycles. The van der Waals surface area contributed by atoms with Crippen molar-refractivity contribution in [3.63, 3.8) is 0 Å². The number of hydrogen-bond donors (Lipinski definition) is 4. The summed E-state index contributed by atoms with van der Waals surface area (Å²) in [5.41, 5.74) is -6.37. The summed E-state index contributed by atoms with van der Waals surface area (Å²) in [6.07, 6.45) is -15.2. The Bertz CT molecular complexity index is 2700. The average Bonchev–Trinajstić information content (AvgIpc) is 3.22. The summed E-state index contributed by atoms with van der Waals surface area (Å²) in [5, 5.41) is 8.96. The van der Waals surface area contributed by atoms with Crippen molar-refractivity contribution in [1.29, 1.82) is 0 Å². The minimum absolute atomic E-state index is 0.109. The Kier molecular flexibility index (Phi) is 13.5. The zero-order chi connectivity index (χ0) is 46.4. The van der Waals surface area contributed by atoms with Gasteiger partial charge in [0.2, 0.25) is 0 Å². The molecule has 0 saturated heterocycles. The molecule has 0 fully saturated rings. The van der Waals surface area contributed by atoms with Crippen molar-refractivity contribution in [3.05, 3.63) is 166 Å². The van der Waals surface area contributed by atoms with Gasteiger partial charge in [-0.25, -0.2) is 19.2 Å². The van der Waals surface area contributed by atoms with Crippen molar-refractivity contribution < 1.29 is 72.9 Å². The van der Waals surface area contributed by atoms with E-state index >= 15 is 0 Å². The van der Waals surface area contributed by atoms with E-state index in [4.69, 9.17) is 14.2 Å². The van der Waals surface area contributed by atoms with Crippen LogP contribution in [0, 0.1) is 0 Å². The molecule has 64 heavy (non-hydrogen) atoms. The van der Waals surface area contributed by atoms with Gasteiger partial charge in [0, 0.05) is 15.8 Å². The van der Waals surface area contributed by atoms with Crippen molar-refractivity contribution in [2.75, 3.05) is 21.3 Å². The molecule has 0 aliphatic heterocycles. The van der Waals surface area contributed by atoms with Crippen LogP contribution >= 0.6 is 15.9 Å². The normalized spacial score (nSPS) is 11.5. The number of anilines is 4. The lowest BCUT2D eigenvalue weighted by molar-refractivity contribution is -0.143. The third-order valence-electron chi connectivity index (χ3n) is 8.48. The number of carbonyl (C=O) groups is 4. The molecule has 0 atom stereocenters. The molecule has 0 aliphatic rings. The van der Waals surface area contributed by atoms with E-state index < -0.39 is 70.6 Å². The Labute approximate surface area is 363 Å². The van der Waals surface area contributed by atoms with Crippen LogP contribution in [0.25, 0.3) is 0 Å². The number of rotatable bonds is 10. The monoisotopic (exact) mass is 960 g/mol. The van der Waals surface area contributed by atoms with Gasteiger partial charge in [-0.1, -0.05) is 52.3 Å². The lowest BCUT2D eigenvalue weighted by Gasteiger charge is -2.17. The number of amides is 4. The summed E-state index contributed by atoms with van der Waals surface area (Å²) in [4.78, 5) is 52.7. The fourth-order valence-electron chi connectivity index (χ4n) is 5.56. The Balaban J connectivity index is 1.18.